The third-order valence-electron chi connectivity index (χ3n) is 6.73. The molecule has 0 saturated carbocycles. The lowest BCUT2D eigenvalue weighted by Crippen LogP contribution is -2.47. The van der Waals surface area contributed by atoms with Gasteiger partial charge in [0.05, 0.1) is 11.1 Å². The maximum atomic E-state index is 13.9. The van der Waals surface area contributed by atoms with Crippen LogP contribution in [0.5, 0.6) is 0 Å². The molecule has 0 spiro atoms. The third kappa shape index (κ3) is 3.82. The molecule has 0 unspecified atom stereocenters. The monoisotopic (exact) mass is 458 g/mol. The number of hydrogen-bond donors (Lipinski definition) is 2. The van der Waals surface area contributed by atoms with E-state index in [-0.39, 0.29) is 17.6 Å². The molecular formula is C27H27FN4O2. The number of fused-ring (bicyclic) bond motifs is 1. The summed E-state index contributed by atoms with van der Waals surface area (Å²) in [5.41, 5.74) is 6.36. The second kappa shape index (κ2) is 8.57. The topological polar surface area (TPSA) is 68.4 Å². The Morgan fingerprint density at radius 1 is 1.06 bits per heavy atom. The highest BCUT2D eigenvalue weighted by molar-refractivity contribution is 6.36. The zero-order valence-corrected chi connectivity index (χ0v) is 19.5. The van der Waals surface area contributed by atoms with Crippen LogP contribution in [0.3, 0.4) is 0 Å². The molecule has 3 heterocycles. The number of rotatable bonds is 3. The van der Waals surface area contributed by atoms with Crippen molar-refractivity contribution in [2.24, 2.45) is 0 Å². The summed E-state index contributed by atoms with van der Waals surface area (Å²) in [4.78, 5) is 33.7. The molecule has 0 aliphatic carbocycles. The minimum Gasteiger partial charge on any atom is -0.358 e. The molecule has 2 aromatic carbocycles. The summed E-state index contributed by atoms with van der Waals surface area (Å²) in [7, 11) is 2.06. The van der Waals surface area contributed by atoms with Gasteiger partial charge in [-0.05, 0) is 61.9 Å². The first-order valence-corrected chi connectivity index (χ1v) is 11.4. The molecule has 1 saturated heterocycles. The Morgan fingerprint density at radius 2 is 1.79 bits per heavy atom. The number of amides is 2. The van der Waals surface area contributed by atoms with Gasteiger partial charge in [-0.3, -0.25) is 9.59 Å². The second-order valence-corrected chi connectivity index (χ2v) is 9.01. The fraction of sp³-hybridized carbons (Fsp3) is 0.259. The molecule has 6 nitrogen and oxygen atoms in total. The minimum absolute atomic E-state index is 0.0146. The van der Waals surface area contributed by atoms with Crippen LogP contribution in [0.15, 0.2) is 42.5 Å². The van der Waals surface area contributed by atoms with Crippen molar-refractivity contribution < 1.29 is 14.0 Å². The van der Waals surface area contributed by atoms with Crippen LogP contribution < -0.4 is 5.32 Å². The van der Waals surface area contributed by atoms with Gasteiger partial charge in [0.15, 0.2) is 0 Å². The number of aromatic amines is 1. The summed E-state index contributed by atoms with van der Waals surface area (Å²) in [5, 5.41) is 2.92. The molecule has 0 atom stereocenters. The lowest BCUT2D eigenvalue weighted by atomic mass is 9.94. The average molecular weight is 459 g/mol. The van der Waals surface area contributed by atoms with Crippen LogP contribution in [0.4, 0.5) is 10.1 Å². The summed E-state index contributed by atoms with van der Waals surface area (Å²) in [6, 6.07) is 11.9. The van der Waals surface area contributed by atoms with E-state index < -0.39 is 0 Å². The Bertz CT molecular complexity index is 1330. The molecule has 2 aliphatic rings. The van der Waals surface area contributed by atoms with Gasteiger partial charge in [0, 0.05) is 48.8 Å². The predicted octanol–water partition coefficient (Wildman–Crippen LogP) is 4.32. The minimum atomic E-state index is -0.333. The molecule has 0 radical (unpaired) electrons. The van der Waals surface area contributed by atoms with Crippen molar-refractivity contribution in [1.82, 2.24) is 14.8 Å². The zero-order valence-electron chi connectivity index (χ0n) is 19.5. The average Bonchev–Trinajstić information content (AvgIpc) is 3.28. The van der Waals surface area contributed by atoms with Crippen molar-refractivity contribution in [3.63, 3.8) is 0 Å². The van der Waals surface area contributed by atoms with Crippen molar-refractivity contribution in [2.45, 2.75) is 13.8 Å². The number of piperazine rings is 1. The summed E-state index contributed by atoms with van der Waals surface area (Å²) >= 11 is 0. The largest absolute Gasteiger partial charge is 0.358 e. The van der Waals surface area contributed by atoms with E-state index in [1.807, 2.05) is 43.0 Å². The quantitative estimate of drug-likeness (QED) is 0.575. The summed E-state index contributed by atoms with van der Waals surface area (Å²) in [6.07, 6.45) is 1.80. The first-order valence-electron chi connectivity index (χ1n) is 11.4. The van der Waals surface area contributed by atoms with Gasteiger partial charge in [0.25, 0.3) is 11.8 Å². The Hall–Kier alpha value is -3.71. The molecule has 5 rings (SSSR count). The molecule has 0 bridgehead atoms. The number of likely N-dealkylation sites (N-methyl/N-ethyl adjacent to an activating group) is 1. The summed E-state index contributed by atoms with van der Waals surface area (Å²) < 4.78 is 13.9. The number of H-pyrrole nitrogens is 1. The second-order valence-electron chi connectivity index (χ2n) is 9.01. The number of nitrogens with one attached hydrogen (secondary N) is 2. The van der Waals surface area contributed by atoms with Crippen molar-refractivity contribution in [2.75, 3.05) is 38.5 Å². The van der Waals surface area contributed by atoms with E-state index in [9.17, 15) is 14.0 Å². The standard InChI is InChI=1S/C27H27FN4O2/c1-16-23(29-17(2)24(16)27(34)32-12-10-31(3)11-13-32)15-21-25-20(18-6-4-7-19(28)14-18)8-5-9-22(25)30-26(21)33/h4-9,14-15,29H,10-13H2,1-3H3,(H,30,33)/b21-15-. The van der Waals surface area contributed by atoms with E-state index in [1.165, 1.54) is 12.1 Å². The molecule has 7 heteroatoms. The van der Waals surface area contributed by atoms with Crippen molar-refractivity contribution in [3.8, 4) is 11.1 Å². The number of aromatic nitrogens is 1. The highest BCUT2D eigenvalue weighted by Gasteiger charge is 2.29. The van der Waals surface area contributed by atoms with E-state index in [0.29, 0.717) is 35.5 Å². The Morgan fingerprint density at radius 3 is 2.53 bits per heavy atom. The molecule has 2 N–H and O–H groups in total. The van der Waals surface area contributed by atoms with Crippen LogP contribution in [-0.2, 0) is 4.79 Å². The Kier molecular flexibility index (Phi) is 5.57. The van der Waals surface area contributed by atoms with E-state index in [0.717, 1.165) is 41.2 Å². The van der Waals surface area contributed by atoms with E-state index in [4.69, 9.17) is 0 Å². The van der Waals surface area contributed by atoms with Gasteiger partial charge >= 0.3 is 0 Å². The summed E-state index contributed by atoms with van der Waals surface area (Å²) in [6.45, 7) is 6.89. The molecule has 34 heavy (non-hydrogen) atoms. The van der Waals surface area contributed by atoms with Crippen LogP contribution in [0.1, 0.15) is 32.9 Å². The lowest BCUT2D eigenvalue weighted by molar-refractivity contribution is -0.110. The number of carbonyl (C=O) groups is 2. The SMILES string of the molecule is Cc1[nH]c(/C=C2\C(=O)Nc3cccc(-c4cccc(F)c4)c32)c(C)c1C(=O)N1CCN(C)CC1. The maximum absolute atomic E-state index is 13.9. The number of carbonyl (C=O) groups excluding carboxylic acids is 2. The molecule has 1 aromatic heterocycles. The third-order valence-corrected chi connectivity index (χ3v) is 6.73. The molecular weight excluding hydrogens is 431 g/mol. The predicted molar refractivity (Wildman–Crippen MR) is 132 cm³/mol. The molecule has 174 valence electrons. The van der Waals surface area contributed by atoms with Crippen molar-refractivity contribution >= 4 is 29.2 Å². The normalized spacial score (nSPS) is 17.2. The Balaban J connectivity index is 1.56. The van der Waals surface area contributed by atoms with E-state index >= 15 is 0 Å². The number of anilines is 1. The fourth-order valence-electron chi connectivity index (χ4n) is 4.84. The highest BCUT2D eigenvalue weighted by atomic mass is 19.1. The molecule has 3 aromatic rings. The van der Waals surface area contributed by atoms with Gasteiger partial charge < -0.3 is 20.1 Å². The van der Waals surface area contributed by atoms with Gasteiger partial charge in [-0.15, -0.1) is 0 Å². The van der Waals surface area contributed by atoms with Crippen LogP contribution >= 0.6 is 0 Å². The number of aryl methyl sites for hydroxylation is 1. The van der Waals surface area contributed by atoms with Crippen molar-refractivity contribution in [3.05, 3.63) is 76.4 Å². The molecule has 2 amide bonds. The van der Waals surface area contributed by atoms with Crippen LogP contribution in [0.25, 0.3) is 22.8 Å². The van der Waals surface area contributed by atoms with Gasteiger partial charge in [-0.1, -0.05) is 24.3 Å². The lowest BCUT2D eigenvalue weighted by Gasteiger charge is -2.32. The first-order chi connectivity index (χ1) is 16.3. The van der Waals surface area contributed by atoms with Crippen LogP contribution in [-0.4, -0.2) is 59.8 Å². The van der Waals surface area contributed by atoms with E-state index in [1.54, 1.807) is 12.1 Å². The number of hydrogen-bond acceptors (Lipinski definition) is 3. The fourth-order valence-corrected chi connectivity index (χ4v) is 4.84. The number of benzene rings is 2. The van der Waals surface area contributed by atoms with Crippen LogP contribution in [0.2, 0.25) is 0 Å². The first kappa shape index (κ1) is 22.1. The van der Waals surface area contributed by atoms with Crippen LogP contribution in [0, 0.1) is 19.7 Å². The van der Waals surface area contributed by atoms with Crippen molar-refractivity contribution in [1.29, 1.82) is 0 Å². The smallest absolute Gasteiger partial charge is 0.256 e. The summed E-state index contributed by atoms with van der Waals surface area (Å²) in [5.74, 6) is -0.543. The van der Waals surface area contributed by atoms with E-state index in [2.05, 4.69) is 22.2 Å². The van der Waals surface area contributed by atoms with Gasteiger partial charge in [0.2, 0.25) is 0 Å². The van der Waals surface area contributed by atoms with Gasteiger partial charge in [0.1, 0.15) is 5.82 Å². The maximum Gasteiger partial charge on any atom is 0.256 e. The molecule has 1 fully saturated rings. The zero-order chi connectivity index (χ0) is 24.0. The van der Waals surface area contributed by atoms with Gasteiger partial charge in [-0.25, -0.2) is 4.39 Å². The highest BCUT2D eigenvalue weighted by Crippen LogP contribution is 2.41. The number of nitrogens with zero attached hydrogens (tertiary/aromatic N) is 2. The molecule has 2 aliphatic heterocycles. The Labute approximate surface area is 198 Å². The van der Waals surface area contributed by atoms with Gasteiger partial charge in [-0.2, -0.15) is 0 Å². The number of halogens is 1.